The molecule has 0 aliphatic rings. The summed E-state index contributed by atoms with van der Waals surface area (Å²) in [5.41, 5.74) is 1.87. The SMILES string of the molecule is O=C(c1c[nH]c2ccccc12)C(Oc1cccnc1[N+](=O)[O-])c1ccccc1. The lowest BCUT2D eigenvalue weighted by Crippen LogP contribution is -2.19. The Morgan fingerprint density at radius 1 is 1.04 bits per heavy atom. The van der Waals surface area contributed by atoms with Crippen LogP contribution in [-0.4, -0.2) is 20.7 Å². The molecule has 0 amide bonds. The fourth-order valence-electron chi connectivity index (χ4n) is 3.06. The second-order valence-corrected chi connectivity index (χ2v) is 6.10. The van der Waals surface area contributed by atoms with Crippen LogP contribution < -0.4 is 4.74 Å². The van der Waals surface area contributed by atoms with Crippen LogP contribution in [0.15, 0.2) is 79.1 Å². The number of nitro groups is 1. The van der Waals surface area contributed by atoms with Crippen molar-refractivity contribution in [1.82, 2.24) is 9.97 Å². The van der Waals surface area contributed by atoms with Crippen molar-refractivity contribution in [3.63, 3.8) is 0 Å². The lowest BCUT2D eigenvalue weighted by molar-refractivity contribution is -0.390. The van der Waals surface area contributed by atoms with Gasteiger partial charge in [-0.05, 0) is 28.1 Å². The van der Waals surface area contributed by atoms with Crippen LogP contribution in [-0.2, 0) is 0 Å². The number of ether oxygens (including phenoxy) is 1. The summed E-state index contributed by atoms with van der Waals surface area (Å²) >= 11 is 0. The maximum absolute atomic E-state index is 13.4. The molecule has 0 fully saturated rings. The number of aromatic nitrogens is 2. The van der Waals surface area contributed by atoms with Gasteiger partial charge >= 0.3 is 5.82 Å². The number of para-hydroxylation sites is 1. The number of nitrogens with one attached hydrogen (secondary N) is 1. The molecule has 2 aromatic carbocycles. The Kier molecular flexibility index (Phi) is 4.55. The zero-order valence-electron chi connectivity index (χ0n) is 14.6. The second kappa shape index (κ2) is 7.32. The molecule has 0 aliphatic heterocycles. The molecule has 1 unspecified atom stereocenters. The first-order valence-electron chi connectivity index (χ1n) is 8.56. The number of pyridine rings is 1. The Balaban J connectivity index is 1.79. The number of carbonyl (C=O) groups excluding carboxylic acids is 1. The Bertz CT molecular complexity index is 1150. The minimum atomic E-state index is -1.05. The van der Waals surface area contributed by atoms with Crippen molar-refractivity contribution in [1.29, 1.82) is 0 Å². The Labute approximate surface area is 159 Å². The predicted molar refractivity (Wildman–Crippen MR) is 103 cm³/mol. The predicted octanol–water partition coefficient (Wildman–Crippen LogP) is 4.47. The van der Waals surface area contributed by atoms with E-state index in [1.807, 2.05) is 30.3 Å². The highest BCUT2D eigenvalue weighted by molar-refractivity contribution is 6.10. The highest BCUT2D eigenvalue weighted by Crippen LogP contribution is 2.32. The van der Waals surface area contributed by atoms with Crippen LogP contribution in [0, 0.1) is 10.1 Å². The minimum absolute atomic E-state index is 0.0606. The topological polar surface area (TPSA) is 98.1 Å². The van der Waals surface area contributed by atoms with E-state index < -0.39 is 16.8 Å². The zero-order valence-corrected chi connectivity index (χ0v) is 14.6. The van der Waals surface area contributed by atoms with E-state index in [9.17, 15) is 14.9 Å². The molecule has 4 aromatic rings. The van der Waals surface area contributed by atoms with Crippen LogP contribution in [0.2, 0.25) is 0 Å². The van der Waals surface area contributed by atoms with Crippen molar-refractivity contribution in [2.24, 2.45) is 0 Å². The van der Waals surface area contributed by atoms with E-state index in [-0.39, 0.29) is 11.5 Å². The van der Waals surface area contributed by atoms with Gasteiger partial charge in [0.25, 0.3) is 0 Å². The normalized spacial score (nSPS) is 11.9. The van der Waals surface area contributed by atoms with Gasteiger partial charge in [0.05, 0.1) is 0 Å². The fourth-order valence-corrected chi connectivity index (χ4v) is 3.06. The molecule has 0 bridgehead atoms. The molecule has 0 saturated heterocycles. The summed E-state index contributed by atoms with van der Waals surface area (Å²) < 4.78 is 5.86. The number of H-pyrrole nitrogens is 1. The van der Waals surface area contributed by atoms with Gasteiger partial charge in [-0.1, -0.05) is 48.5 Å². The Hall–Kier alpha value is -4.00. The number of nitrogens with zero attached hydrogens (tertiary/aromatic N) is 2. The number of hydrogen-bond acceptors (Lipinski definition) is 5. The number of ketones is 1. The highest BCUT2D eigenvalue weighted by atomic mass is 16.6. The molecule has 138 valence electrons. The maximum atomic E-state index is 13.4. The van der Waals surface area contributed by atoms with E-state index in [4.69, 9.17) is 4.74 Å². The molecule has 0 aliphatic carbocycles. The molecule has 1 atom stereocenters. The quantitative estimate of drug-likeness (QED) is 0.305. The zero-order chi connectivity index (χ0) is 19.5. The number of fused-ring (bicyclic) bond motifs is 1. The van der Waals surface area contributed by atoms with E-state index in [2.05, 4.69) is 9.97 Å². The first kappa shape index (κ1) is 17.4. The number of benzene rings is 2. The summed E-state index contributed by atoms with van der Waals surface area (Å²) in [4.78, 5) is 30.9. The maximum Gasteiger partial charge on any atom is 0.406 e. The van der Waals surface area contributed by atoms with Gasteiger partial charge in [0, 0.05) is 28.2 Å². The molecular formula is C21H15N3O4. The van der Waals surface area contributed by atoms with E-state index in [1.165, 1.54) is 18.3 Å². The Morgan fingerprint density at radius 3 is 2.57 bits per heavy atom. The lowest BCUT2D eigenvalue weighted by atomic mass is 9.99. The molecule has 2 heterocycles. The smallest absolute Gasteiger partial charge is 0.406 e. The number of carbonyl (C=O) groups is 1. The van der Waals surface area contributed by atoms with Crippen LogP contribution >= 0.6 is 0 Å². The molecule has 0 radical (unpaired) electrons. The molecule has 0 spiro atoms. The van der Waals surface area contributed by atoms with Crippen LogP contribution in [0.3, 0.4) is 0 Å². The minimum Gasteiger partial charge on any atom is -0.469 e. The van der Waals surface area contributed by atoms with Gasteiger partial charge in [-0.15, -0.1) is 0 Å². The van der Waals surface area contributed by atoms with Crippen molar-refractivity contribution < 1.29 is 14.5 Å². The van der Waals surface area contributed by atoms with Crippen LogP contribution in [0.4, 0.5) is 5.82 Å². The van der Waals surface area contributed by atoms with Crippen molar-refractivity contribution in [2.45, 2.75) is 6.10 Å². The first-order valence-corrected chi connectivity index (χ1v) is 8.56. The van der Waals surface area contributed by atoms with Gasteiger partial charge in [-0.3, -0.25) is 4.79 Å². The summed E-state index contributed by atoms with van der Waals surface area (Å²) in [7, 11) is 0. The fraction of sp³-hybridized carbons (Fsp3) is 0.0476. The first-order chi connectivity index (χ1) is 13.6. The van der Waals surface area contributed by atoms with E-state index in [0.717, 1.165) is 10.9 Å². The molecule has 0 saturated carbocycles. The summed E-state index contributed by atoms with van der Waals surface area (Å²) in [6, 6.07) is 19.3. The van der Waals surface area contributed by atoms with Gasteiger partial charge in [0.1, 0.15) is 6.20 Å². The van der Waals surface area contributed by atoms with Gasteiger partial charge in [0.2, 0.25) is 11.5 Å². The summed E-state index contributed by atoms with van der Waals surface area (Å²) in [5, 5.41) is 12.0. The van der Waals surface area contributed by atoms with E-state index >= 15 is 0 Å². The summed E-state index contributed by atoms with van der Waals surface area (Å²) in [5.74, 6) is -0.800. The number of aromatic amines is 1. The van der Waals surface area contributed by atoms with E-state index in [1.54, 1.807) is 30.5 Å². The average Bonchev–Trinajstić information content (AvgIpc) is 3.16. The van der Waals surface area contributed by atoms with Crippen LogP contribution in [0.1, 0.15) is 22.0 Å². The molecular weight excluding hydrogens is 358 g/mol. The standard InChI is InChI=1S/C21H15N3O4/c25-19(16-13-23-17-10-5-4-9-15(16)17)20(14-7-2-1-3-8-14)28-18-11-6-12-22-21(18)24(26)27/h1-13,20,23H. The van der Waals surface area contributed by atoms with E-state index in [0.29, 0.717) is 11.1 Å². The molecule has 2 aromatic heterocycles. The van der Waals surface area contributed by atoms with Crippen LogP contribution in [0.25, 0.3) is 10.9 Å². The number of hydrogen-bond donors (Lipinski definition) is 1. The average molecular weight is 373 g/mol. The third kappa shape index (κ3) is 3.21. The third-order valence-electron chi connectivity index (χ3n) is 4.36. The monoisotopic (exact) mass is 373 g/mol. The van der Waals surface area contributed by atoms with Gasteiger partial charge < -0.3 is 19.8 Å². The second-order valence-electron chi connectivity index (χ2n) is 6.10. The van der Waals surface area contributed by atoms with Crippen molar-refractivity contribution in [2.75, 3.05) is 0 Å². The molecule has 7 heteroatoms. The number of rotatable bonds is 6. The number of Topliss-reactive ketones (excluding diaryl/α,β-unsaturated/α-hetero) is 1. The van der Waals surface area contributed by atoms with Gasteiger partial charge in [-0.2, -0.15) is 0 Å². The van der Waals surface area contributed by atoms with Crippen molar-refractivity contribution in [3.05, 3.63) is 100 Å². The molecule has 1 N–H and O–H groups in total. The van der Waals surface area contributed by atoms with Gasteiger partial charge in [-0.25, -0.2) is 0 Å². The summed E-state index contributed by atoms with van der Waals surface area (Å²) in [6.07, 6.45) is 1.89. The molecule has 7 nitrogen and oxygen atoms in total. The van der Waals surface area contributed by atoms with Crippen LogP contribution in [0.5, 0.6) is 5.75 Å². The highest BCUT2D eigenvalue weighted by Gasteiger charge is 2.29. The molecule has 28 heavy (non-hydrogen) atoms. The van der Waals surface area contributed by atoms with Crippen molar-refractivity contribution >= 4 is 22.5 Å². The summed E-state index contributed by atoms with van der Waals surface area (Å²) in [6.45, 7) is 0. The lowest BCUT2D eigenvalue weighted by Gasteiger charge is -2.18. The van der Waals surface area contributed by atoms with Gasteiger partial charge in [0.15, 0.2) is 6.10 Å². The largest absolute Gasteiger partial charge is 0.469 e. The molecule has 4 rings (SSSR count). The third-order valence-corrected chi connectivity index (χ3v) is 4.36. The van der Waals surface area contributed by atoms with Crippen molar-refractivity contribution in [3.8, 4) is 5.75 Å². The Morgan fingerprint density at radius 2 is 1.79 bits per heavy atom.